The van der Waals surface area contributed by atoms with Crippen LogP contribution in [0.5, 0.6) is 0 Å². The molecule has 0 aromatic carbocycles. The van der Waals surface area contributed by atoms with Gasteiger partial charge in [0.1, 0.15) is 5.60 Å². The van der Waals surface area contributed by atoms with E-state index in [9.17, 15) is 4.79 Å². The third-order valence-corrected chi connectivity index (χ3v) is 4.35. The van der Waals surface area contributed by atoms with Gasteiger partial charge in [-0.1, -0.05) is 13.3 Å². The van der Waals surface area contributed by atoms with Gasteiger partial charge in [-0.25, -0.2) is 4.79 Å². The number of nitrogens with one attached hydrogen (secondary N) is 2. The van der Waals surface area contributed by atoms with Gasteiger partial charge in [-0.2, -0.15) is 0 Å². The fraction of sp³-hybridized carbons (Fsp3) is 0.667. The van der Waals surface area contributed by atoms with Crippen LogP contribution in [0.2, 0.25) is 0 Å². The van der Waals surface area contributed by atoms with E-state index in [1.54, 1.807) is 11.3 Å². The summed E-state index contributed by atoms with van der Waals surface area (Å²) < 4.78 is 6.39. The number of alkyl carbamates (subject to hydrolysis) is 1. The lowest BCUT2D eigenvalue weighted by Crippen LogP contribution is -2.42. The molecule has 2 N–H and O–H groups in total. The van der Waals surface area contributed by atoms with Crippen LogP contribution >= 0.6 is 27.3 Å². The number of ether oxygens (including phenoxy) is 1. The zero-order chi connectivity index (χ0) is 15.9. The summed E-state index contributed by atoms with van der Waals surface area (Å²) in [4.78, 5) is 13.0. The Bertz CT molecular complexity index is 443. The van der Waals surface area contributed by atoms with Crippen molar-refractivity contribution in [2.45, 2.75) is 58.7 Å². The average molecular weight is 377 g/mol. The molecule has 0 saturated carbocycles. The molecular weight excluding hydrogens is 352 g/mol. The smallest absolute Gasteiger partial charge is 0.407 e. The molecule has 1 aromatic rings. The van der Waals surface area contributed by atoms with Gasteiger partial charge in [0.2, 0.25) is 0 Å². The maximum atomic E-state index is 11.7. The minimum absolute atomic E-state index is 0.253. The Morgan fingerprint density at radius 1 is 1.43 bits per heavy atom. The molecule has 1 heterocycles. The van der Waals surface area contributed by atoms with Gasteiger partial charge in [-0.15, -0.1) is 11.3 Å². The van der Waals surface area contributed by atoms with Crippen LogP contribution in [0.3, 0.4) is 0 Å². The van der Waals surface area contributed by atoms with Crippen LogP contribution in [-0.4, -0.2) is 24.3 Å². The molecule has 0 aliphatic rings. The second kappa shape index (κ2) is 8.76. The molecule has 0 aliphatic heterocycles. The summed E-state index contributed by atoms with van der Waals surface area (Å²) >= 11 is 5.19. The number of thiophene rings is 1. The number of hydrogen-bond donors (Lipinski definition) is 2. The van der Waals surface area contributed by atoms with Gasteiger partial charge in [0.25, 0.3) is 0 Å². The van der Waals surface area contributed by atoms with Crippen LogP contribution in [0.15, 0.2) is 15.9 Å². The van der Waals surface area contributed by atoms with Crippen LogP contribution in [0, 0.1) is 0 Å². The lowest BCUT2D eigenvalue weighted by atomic mass is 10.1. The van der Waals surface area contributed by atoms with Gasteiger partial charge in [-0.05, 0) is 55.3 Å². The van der Waals surface area contributed by atoms with Crippen LogP contribution in [0.25, 0.3) is 0 Å². The molecule has 1 unspecified atom stereocenters. The molecule has 0 saturated heterocycles. The van der Waals surface area contributed by atoms with Crippen molar-refractivity contribution in [1.29, 1.82) is 0 Å². The third kappa shape index (κ3) is 8.44. The van der Waals surface area contributed by atoms with Gasteiger partial charge in [0.15, 0.2) is 0 Å². The molecule has 1 rings (SSSR count). The van der Waals surface area contributed by atoms with Crippen molar-refractivity contribution in [3.63, 3.8) is 0 Å². The zero-order valence-corrected chi connectivity index (χ0v) is 15.6. The van der Waals surface area contributed by atoms with E-state index in [1.807, 2.05) is 20.8 Å². The van der Waals surface area contributed by atoms with Gasteiger partial charge in [0.05, 0.1) is 3.79 Å². The molecule has 0 aliphatic carbocycles. The third-order valence-electron chi connectivity index (χ3n) is 2.72. The second-order valence-corrected chi connectivity index (χ2v) is 8.50. The van der Waals surface area contributed by atoms with Gasteiger partial charge in [0, 0.05) is 24.0 Å². The Balaban J connectivity index is 2.37. The van der Waals surface area contributed by atoms with Crippen molar-refractivity contribution in [2.24, 2.45) is 0 Å². The van der Waals surface area contributed by atoms with E-state index in [4.69, 9.17) is 4.74 Å². The predicted molar refractivity (Wildman–Crippen MR) is 91.8 cm³/mol. The molecule has 1 amide bonds. The van der Waals surface area contributed by atoms with E-state index in [0.717, 1.165) is 23.2 Å². The summed E-state index contributed by atoms with van der Waals surface area (Å²) in [6.07, 6.45) is 1.73. The van der Waals surface area contributed by atoms with E-state index < -0.39 is 5.60 Å². The number of halogens is 1. The molecular formula is C15H25BrN2O2S. The summed E-state index contributed by atoms with van der Waals surface area (Å²) in [6, 6.07) is 4.41. The quantitative estimate of drug-likeness (QED) is 0.745. The molecule has 1 aromatic heterocycles. The highest BCUT2D eigenvalue weighted by Crippen LogP contribution is 2.21. The summed E-state index contributed by atoms with van der Waals surface area (Å²) in [5, 5.41) is 6.32. The van der Waals surface area contributed by atoms with Crippen molar-refractivity contribution in [2.75, 3.05) is 6.54 Å². The van der Waals surface area contributed by atoms with Crippen molar-refractivity contribution in [3.05, 3.63) is 20.8 Å². The van der Waals surface area contributed by atoms with E-state index in [0.29, 0.717) is 6.54 Å². The first-order valence-corrected chi connectivity index (χ1v) is 8.85. The minimum Gasteiger partial charge on any atom is -0.444 e. The Hall–Kier alpha value is -0.590. The van der Waals surface area contributed by atoms with Crippen molar-refractivity contribution in [3.8, 4) is 0 Å². The van der Waals surface area contributed by atoms with Crippen molar-refractivity contribution >= 4 is 33.4 Å². The second-order valence-electron chi connectivity index (χ2n) is 5.96. The van der Waals surface area contributed by atoms with Crippen LogP contribution in [-0.2, 0) is 11.3 Å². The summed E-state index contributed by atoms with van der Waals surface area (Å²) in [7, 11) is 0. The molecule has 6 heteroatoms. The number of rotatable bonds is 7. The highest BCUT2D eigenvalue weighted by molar-refractivity contribution is 9.11. The van der Waals surface area contributed by atoms with E-state index in [-0.39, 0.29) is 12.1 Å². The van der Waals surface area contributed by atoms with Crippen LogP contribution < -0.4 is 10.6 Å². The SMILES string of the molecule is CCCC(CNC(=O)OC(C)(C)C)NCc1ccc(Br)s1. The maximum absolute atomic E-state index is 11.7. The summed E-state index contributed by atoms with van der Waals surface area (Å²) in [6.45, 7) is 9.13. The number of amides is 1. The highest BCUT2D eigenvalue weighted by atomic mass is 79.9. The lowest BCUT2D eigenvalue weighted by molar-refractivity contribution is 0.0521. The Kier molecular flexibility index (Phi) is 7.70. The molecule has 0 fully saturated rings. The van der Waals surface area contributed by atoms with Crippen molar-refractivity contribution < 1.29 is 9.53 Å². The topological polar surface area (TPSA) is 50.4 Å². The fourth-order valence-corrected chi connectivity index (χ4v) is 3.27. The summed E-state index contributed by atoms with van der Waals surface area (Å²) in [5.74, 6) is 0. The average Bonchev–Trinajstić information content (AvgIpc) is 2.76. The molecule has 120 valence electrons. The Morgan fingerprint density at radius 2 is 2.14 bits per heavy atom. The zero-order valence-electron chi connectivity index (χ0n) is 13.2. The van der Waals surface area contributed by atoms with Gasteiger partial charge in [-0.3, -0.25) is 0 Å². The first-order valence-electron chi connectivity index (χ1n) is 7.24. The van der Waals surface area contributed by atoms with Crippen molar-refractivity contribution in [1.82, 2.24) is 10.6 Å². The normalized spacial score (nSPS) is 13.0. The number of hydrogen-bond acceptors (Lipinski definition) is 4. The maximum Gasteiger partial charge on any atom is 0.407 e. The number of carbonyl (C=O) groups is 1. The molecule has 0 radical (unpaired) electrons. The Labute approximate surface area is 139 Å². The Morgan fingerprint density at radius 3 is 2.67 bits per heavy atom. The summed E-state index contributed by atoms with van der Waals surface area (Å²) in [5.41, 5.74) is -0.457. The molecule has 4 nitrogen and oxygen atoms in total. The minimum atomic E-state index is -0.457. The molecule has 21 heavy (non-hydrogen) atoms. The number of carbonyl (C=O) groups excluding carboxylic acids is 1. The first kappa shape index (κ1) is 18.5. The van der Waals surface area contributed by atoms with Crippen LogP contribution in [0.4, 0.5) is 4.79 Å². The fourth-order valence-electron chi connectivity index (χ4n) is 1.84. The van der Waals surface area contributed by atoms with Gasteiger partial charge >= 0.3 is 6.09 Å². The van der Waals surface area contributed by atoms with Gasteiger partial charge < -0.3 is 15.4 Å². The largest absolute Gasteiger partial charge is 0.444 e. The van der Waals surface area contributed by atoms with E-state index in [2.05, 4.69) is 45.6 Å². The molecule has 0 spiro atoms. The predicted octanol–water partition coefficient (Wildman–Crippen LogP) is 4.29. The van der Waals surface area contributed by atoms with E-state index in [1.165, 1.54) is 4.88 Å². The molecule has 0 bridgehead atoms. The van der Waals surface area contributed by atoms with E-state index >= 15 is 0 Å². The monoisotopic (exact) mass is 376 g/mol. The lowest BCUT2D eigenvalue weighted by Gasteiger charge is -2.22. The first-order chi connectivity index (χ1) is 9.80. The highest BCUT2D eigenvalue weighted by Gasteiger charge is 2.17. The standard InChI is InChI=1S/C15H25BrN2O2S/c1-5-6-11(9-18-14(19)20-15(2,3)4)17-10-12-7-8-13(16)21-12/h7-8,11,17H,5-6,9-10H2,1-4H3,(H,18,19). The van der Waals surface area contributed by atoms with Crippen LogP contribution in [0.1, 0.15) is 45.4 Å². The molecule has 1 atom stereocenters.